The number of rotatable bonds is 13. The number of amides is 2. The molecular weight excluding hydrogens is 600 g/mol. The van der Waals surface area contributed by atoms with E-state index in [1.54, 1.807) is 87.0 Å². The molecule has 0 aliphatic heterocycles. The molecule has 0 bridgehead atoms. The quantitative estimate of drug-likeness (QED) is 0.198. The van der Waals surface area contributed by atoms with E-state index in [1.165, 1.54) is 4.57 Å². The number of ether oxygens (including phenoxy) is 3. The normalized spacial score (nSPS) is 10.8. The van der Waals surface area contributed by atoms with Crippen LogP contribution in [0.25, 0.3) is 10.9 Å². The Bertz CT molecular complexity index is 2000. The highest BCUT2D eigenvalue weighted by atomic mass is 16.5. The number of carbonyl (C=O) groups is 2. The Morgan fingerprint density at radius 1 is 0.787 bits per heavy atom. The number of methoxy groups -OCH3 is 2. The topological polar surface area (TPSA) is 130 Å². The number of fused-ring (bicyclic) bond motifs is 1. The highest BCUT2D eigenvalue weighted by molar-refractivity contribution is 5.94. The molecule has 5 rings (SSSR count). The lowest BCUT2D eigenvalue weighted by Gasteiger charge is -2.15. The summed E-state index contributed by atoms with van der Waals surface area (Å²) in [6.07, 6.45) is 0.597. The standard InChI is InChI=1S/C36H36N4O7/c1-4-47-28-16-14-27(15-17-28)38-33(41)23-39-30-8-6-5-7-29(30)35(43)40(36(39)44)22-25-9-12-26(13-10-25)34(42)37-20-19-24-11-18-31(45-2)32(21-24)46-3/h5-18,21H,4,19-20,22-23H2,1-3H3,(H,37,42)(H,38,41). The fourth-order valence-corrected chi connectivity index (χ4v) is 5.21. The second kappa shape index (κ2) is 15.0. The van der Waals surface area contributed by atoms with Crippen LogP contribution in [0.15, 0.2) is 101 Å². The zero-order chi connectivity index (χ0) is 33.3. The molecule has 0 aliphatic rings. The second-order valence-corrected chi connectivity index (χ2v) is 10.7. The lowest BCUT2D eigenvalue weighted by molar-refractivity contribution is -0.116. The van der Waals surface area contributed by atoms with Crippen molar-refractivity contribution in [2.24, 2.45) is 0 Å². The van der Waals surface area contributed by atoms with Gasteiger partial charge in [0.25, 0.3) is 11.5 Å². The summed E-state index contributed by atoms with van der Waals surface area (Å²) in [6.45, 7) is 2.49. The van der Waals surface area contributed by atoms with E-state index in [2.05, 4.69) is 10.6 Å². The van der Waals surface area contributed by atoms with Crippen LogP contribution in [0.2, 0.25) is 0 Å². The average Bonchev–Trinajstić information content (AvgIpc) is 3.09. The lowest BCUT2D eigenvalue weighted by Crippen LogP contribution is -2.42. The van der Waals surface area contributed by atoms with Crippen LogP contribution in [0, 0.1) is 0 Å². The molecule has 0 saturated heterocycles. The molecule has 0 unspecified atom stereocenters. The smallest absolute Gasteiger partial charge is 0.332 e. The Balaban J connectivity index is 1.28. The van der Waals surface area contributed by atoms with Crippen LogP contribution in [-0.2, 0) is 24.3 Å². The number of para-hydroxylation sites is 1. The van der Waals surface area contributed by atoms with Gasteiger partial charge in [0, 0.05) is 17.8 Å². The van der Waals surface area contributed by atoms with E-state index >= 15 is 0 Å². The third kappa shape index (κ3) is 7.70. The molecule has 242 valence electrons. The van der Waals surface area contributed by atoms with E-state index < -0.39 is 17.2 Å². The van der Waals surface area contributed by atoms with Crippen molar-refractivity contribution in [1.82, 2.24) is 14.5 Å². The summed E-state index contributed by atoms with van der Waals surface area (Å²) in [4.78, 5) is 52.9. The summed E-state index contributed by atoms with van der Waals surface area (Å²) in [5.41, 5.74) is 1.90. The largest absolute Gasteiger partial charge is 0.494 e. The van der Waals surface area contributed by atoms with Crippen molar-refractivity contribution in [3.8, 4) is 17.2 Å². The molecule has 2 N–H and O–H groups in total. The highest BCUT2D eigenvalue weighted by Crippen LogP contribution is 2.27. The molecule has 0 atom stereocenters. The maximum atomic E-state index is 13.6. The predicted molar refractivity (Wildman–Crippen MR) is 180 cm³/mol. The summed E-state index contributed by atoms with van der Waals surface area (Å²) < 4.78 is 18.4. The van der Waals surface area contributed by atoms with Crippen molar-refractivity contribution in [2.75, 3.05) is 32.7 Å². The van der Waals surface area contributed by atoms with E-state index in [9.17, 15) is 19.2 Å². The van der Waals surface area contributed by atoms with Gasteiger partial charge in [0.05, 0.1) is 38.3 Å². The minimum atomic E-state index is -0.618. The summed E-state index contributed by atoms with van der Waals surface area (Å²) >= 11 is 0. The van der Waals surface area contributed by atoms with Gasteiger partial charge < -0.3 is 24.8 Å². The molecule has 11 nitrogen and oxygen atoms in total. The minimum absolute atomic E-state index is 0.0375. The Kier molecular flexibility index (Phi) is 10.4. The van der Waals surface area contributed by atoms with Crippen LogP contribution in [-0.4, -0.2) is 48.3 Å². The van der Waals surface area contributed by atoms with Gasteiger partial charge in [0.15, 0.2) is 11.5 Å². The van der Waals surface area contributed by atoms with Gasteiger partial charge >= 0.3 is 5.69 Å². The first-order valence-electron chi connectivity index (χ1n) is 15.1. The van der Waals surface area contributed by atoms with E-state index in [0.717, 1.165) is 10.1 Å². The zero-order valence-corrected chi connectivity index (χ0v) is 26.4. The van der Waals surface area contributed by atoms with Gasteiger partial charge in [-0.3, -0.25) is 23.5 Å². The van der Waals surface area contributed by atoms with Crippen molar-refractivity contribution in [3.63, 3.8) is 0 Å². The lowest BCUT2D eigenvalue weighted by atomic mass is 10.1. The predicted octanol–water partition coefficient (Wildman–Crippen LogP) is 4.24. The van der Waals surface area contributed by atoms with Gasteiger partial charge in [0.1, 0.15) is 12.3 Å². The Morgan fingerprint density at radius 2 is 1.49 bits per heavy atom. The molecular formula is C36H36N4O7. The summed E-state index contributed by atoms with van der Waals surface area (Å²) in [6, 6.07) is 25.9. The number of hydrogen-bond acceptors (Lipinski definition) is 7. The number of nitrogens with zero attached hydrogens (tertiary/aromatic N) is 2. The van der Waals surface area contributed by atoms with Crippen LogP contribution in [0.4, 0.5) is 5.69 Å². The molecule has 2 amide bonds. The maximum Gasteiger partial charge on any atom is 0.332 e. The minimum Gasteiger partial charge on any atom is -0.494 e. The van der Waals surface area contributed by atoms with Crippen molar-refractivity contribution < 1.29 is 23.8 Å². The second-order valence-electron chi connectivity index (χ2n) is 10.7. The van der Waals surface area contributed by atoms with E-state index in [0.29, 0.717) is 64.5 Å². The Morgan fingerprint density at radius 3 is 2.19 bits per heavy atom. The van der Waals surface area contributed by atoms with Gasteiger partial charge in [-0.25, -0.2) is 4.79 Å². The van der Waals surface area contributed by atoms with Crippen molar-refractivity contribution in [2.45, 2.75) is 26.4 Å². The molecule has 47 heavy (non-hydrogen) atoms. The fraction of sp³-hybridized carbons (Fsp3) is 0.222. The van der Waals surface area contributed by atoms with Crippen molar-refractivity contribution in [1.29, 1.82) is 0 Å². The summed E-state index contributed by atoms with van der Waals surface area (Å²) in [5, 5.41) is 6.02. The highest BCUT2D eigenvalue weighted by Gasteiger charge is 2.16. The molecule has 1 heterocycles. The monoisotopic (exact) mass is 636 g/mol. The average molecular weight is 637 g/mol. The summed E-state index contributed by atoms with van der Waals surface area (Å²) in [7, 11) is 3.15. The molecule has 5 aromatic rings. The van der Waals surface area contributed by atoms with Crippen LogP contribution in [0.3, 0.4) is 0 Å². The summed E-state index contributed by atoms with van der Waals surface area (Å²) in [5.74, 6) is 1.26. The van der Waals surface area contributed by atoms with Crippen LogP contribution < -0.4 is 36.1 Å². The van der Waals surface area contributed by atoms with Crippen molar-refractivity contribution >= 4 is 28.4 Å². The molecule has 0 saturated carbocycles. The third-order valence-electron chi connectivity index (χ3n) is 7.59. The van der Waals surface area contributed by atoms with Crippen LogP contribution >= 0.6 is 0 Å². The third-order valence-corrected chi connectivity index (χ3v) is 7.59. The molecule has 0 spiro atoms. The van der Waals surface area contributed by atoms with Gasteiger partial charge in [-0.05, 0) is 85.1 Å². The Labute approximate surface area is 271 Å². The SMILES string of the molecule is CCOc1ccc(NC(=O)Cn2c(=O)n(Cc3ccc(C(=O)NCCc4ccc(OC)c(OC)c4)cc3)c(=O)c3ccccc32)cc1. The maximum absolute atomic E-state index is 13.6. The van der Waals surface area contributed by atoms with E-state index in [4.69, 9.17) is 14.2 Å². The number of aromatic nitrogens is 2. The van der Waals surface area contributed by atoms with Crippen LogP contribution in [0.5, 0.6) is 17.2 Å². The van der Waals surface area contributed by atoms with Gasteiger partial charge in [-0.15, -0.1) is 0 Å². The van der Waals surface area contributed by atoms with Crippen molar-refractivity contribution in [3.05, 3.63) is 129 Å². The number of anilines is 1. The van der Waals surface area contributed by atoms with Crippen LogP contribution in [0.1, 0.15) is 28.4 Å². The molecule has 0 fully saturated rings. The van der Waals surface area contributed by atoms with E-state index in [-0.39, 0.29) is 19.0 Å². The van der Waals surface area contributed by atoms with Gasteiger partial charge in [0.2, 0.25) is 5.91 Å². The zero-order valence-electron chi connectivity index (χ0n) is 26.4. The van der Waals surface area contributed by atoms with Gasteiger partial charge in [-0.1, -0.05) is 30.3 Å². The first kappa shape index (κ1) is 32.6. The molecule has 0 aliphatic carbocycles. The fourth-order valence-electron chi connectivity index (χ4n) is 5.21. The Hall–Kier alpha value is -5.84. The first-order chi connectivity index (χ1) is 22.8. The molecule has 1 aromatic heterocycles. The van der Waals surface area contributed by atoms with Gasteiger partial charge in [-0.2, -0.15) is 0 Å². The number of nitrogens with one attached hydrogen (secondary N) is 2. The first-order valence-corrected chi connectivity index (χ1v) is 15.1. The number of carbonyl (C=O) groups excluding carboxylic acids is 2. The van der Waals surface area contributed by atoms with E-state index in [1.807, 2.05) is 25.1 Å². The number of hydrogen-bond donors (Lipinski definition) is 2. The number of benzene rings is 4. The molecule has 0 radical (unpaired) electrons. The molecule has 11 heteroatoms. The molecule has 4 aromatic carbocycles.